The van der Waals surface area contributed by atoms with Crippen LogP contribution in [0.25, 0.3) is 0 Å². The fraction of sp³-hybridized carbons (Fsp3) is 0.367. The summed E-state index contributed by atoms with van der Waals surface area (Å²) in [5.41, 5.74) is 8.12. The van der Waals surface area contributed by atoms with Gasteiger partial charge >= 0.3 is 0 Å². The monoisotopic (exact) mass is 564 g/mol. The second kappa shape index (κ2) is 13.0. The van der Waals surface area contributed by atoms with E-state index in [2.05, 4.69) is 32.7 Å². The molecule has 2 fully saturated rings. The number of nitrogens with two attached hydrogens (primary N) is 1. The summed E-state index contributed by atoms with van der Waals surface area (Å²) in [6, 6.07) is 13.6. The molecule has 2 amide bonds. The van der Waals surface area contributed by atoms with Crippen LogP contribution in [0.1, 0.15) is 40.2 Å². The number of hydrogen-bond acceptors (Lipinski definition) is 7. The van der Waals surface area contributed by atoms with Crippen LogP contribution < -0.4 is 16.4 Å². The molecule has 2 aliphatic rings. The largest absolute Gasteiger partial charge is 0.380 e. The highest BCUT2D eigenvalue weighted by Crippen LogP contribution is 2.30. The highest BCUT2D eigenvalue weighted by molar-refractivity contribution is 5.98. The zero-order valence-electron chi connectivity index (χ0n) is 22.7. The van der Waals surface area contributed by atoms with Crippen LogP contribution in [0.3, 0.4) is 0 Å². The number of anilines is 3. The van der Waals surface area contributed by atoms with Crippen molar-refractivity contribution in [3.8, 4) is 0 Å². The third-order valence-electron chi connectivity index (χ3n) is 7.64. The molecule has 0 bridgehead atoms. The Morgan fingerprint density at radius 1 is 1.02 bits per heavy atom. The molecule has 11 heteroatoms. The van der Waals surface area contributed by atoms with Crippen LogP contribution in [0.15, 0.2) is 54.7 Å². The number of amides is 2. The van der Waals surface area contributed by atoms with Crippen molar-refractivity contribution in [2.45, 2.75) is 25.3 Å². The van der Waals surface area contributed by atoms with Gasteiger partial charge in [-0.1, -0.05) is 24.3 Å². The number of carbonyl (C=O) groups is 2. The van der Waals surface area contributed by atoms with E-state index >= 15 is 0 Å². The fourth-order valence-corrected chi connectivity index (χ4v) is 5.24. The maximum absolute atomic E-state index is 14.1. The van der Waals surface area contributed by atoms with E-state index in [1.165, 1.54) is 23.9 Å². The number of ether oxygens (including phenoxy) is 1. The minimum Gasteiger partial charge on any atom is -0.380 e. The Kier molecular flexibility index (Phi) is 9.05. The lowest BCUT2D eigenvalue weighted by Gasteiger charge is -2.34. The number of rotatable bonds is 9. The van der Waals surface area contributed by atoms with Crippen molar-refractivity contribution in [1.82, 2.24) is 14.8 Å². The second-order valence-corrected chi connectivity index (χ2v) is 10.3. The van der Waals surface area contributed by atoms with Gasteiger partial charge in [-0.2, -0.15) is 0 Å². The maximum Gasteiger partial charge on any atom is 0.252 e. The first-order valence-electron chi connectivity index (χ1n) is 13.8. The zero-order chi connectivity index (χ0) is 28.8. The molecular formula is C30H34F2N6O3. The molecule has 0 aliphatic carbocycles. The molecule has 3 aromatic rings. The lowest BCUT2D eigenvalue weighted by molar-refractivity contribution is -0.134. The van der Waals surface area contributed by atoms with Gasteiger partial charge in [-0.3, -0.25) is 14.5 Å². The molecule has 9 nitrogen and oxygen atoms in total. The third-order valence-corrected chi connectivity index (χ3v) is 7.64. The minimum absolute atomic E-state index is 0.0420. The summed E-state index contributed by atoms with van der Waals surface area (Å²) >= 11 is 0. The van der Waals surface area contributed by atoms with Crippen LogP contribution in [-0.2, 0) is 16.1 Å². The summed E-state index contributed by atoms with van der Waals surface area (Å²) in [6.07, 6.45) is 3.18. The average molecular weight is 565 g/mol. The van der Waals surface area contributed by atoms with Crippen molar-refractivity contribution in [1.29, 1.82) is 0 Å². The quantitative estimate of drug-likeness (QED) is 0.362. The number of likely N-dealkylation sites (tertiary alicyclic amines) is 1. The molecule has 216 valence electrons. The number of nitrogens with zero attached hydrogens (tertiary/aromatic N) is 3. The van der Waals surface area contributed by atoms with E-state index in [4.69, 9.17) is 10.5 Å². The van der Waals surface area contributed by atoms with E-state index in [-0.39, 0.29) is 23.6 Å². The smallest absolute Gasteiger partial charge is 0.252 e. The van der Waals surface area contributed by atoms with Crippen LogP contribution in [0, 0.1) is 11.6 Å². The van der Waals surface area contributed by atoms with Crippen molar-refractivity contribution in [3.05, 3.63) is 83.1 Å². The van der Waals surface area contributed by atoms with Crippen LogP contribution in [0.4, 0.5) is 26.0 Å². The SMILES string of the molecule is NC(=O)c1cnc(Nc2ccc(C3CCN(C(=O)CN4CCOCC4)CC3)cc2)cc1NCc1cccc(F)c1F. The van der Waals surface area contributed by atoms with Crippen LogP contribution >= 0.6 is 0 Å². The number of benzene rings is 2. The molecule has 2 aliphatic heterocycles. The molecule has 0 atom stereocenters. The molecule has 41 heavy (non-hydrogen) atoms. The maximum atomic E-state index is 14.1. The van der Waals surface area contributed by atoms with E-state index in [0.717, 1.165) is 50.8 Å². The molecule has 0 saturated carbocycles. The van der Waals surface area contributed by atoms with Gasteiger partial charge in [-0.15, -0.1) is 0 Å². The number of morpholine rings is 1. The standard InChI is InChI=1S/C30H34F2N6O3/c31-25-3-1-2-22(29(25)32)17-34-26-16-27(35-18-24(26)30(33)40)36-23-6-4-20(5-7-23)21-8-10-38(11-9-21)28(39)19-37-12-14-41-15-13-37/h1-7,16,18,21H,8-15,17,19H2,(H2,33,40)(H2,34,35,36). The molecule has 3 heterocycles. The summed E-state index contributed by atoms with van der Waals surface area (Å²) in [5.74, 6) is -1.55. The van der Waals surface area contributed by atoms with Crippen LogP contribution in [-0.4, -0.2) is 72.5 Å². The van der Waals surface area contributed by atoms with Crippen molar-refractivity contribution in [3.63, 3.8) is 0 Å². The Bertz CT molecular complexity index is 1370. The van der Waals surface area contributed by atoms with E-state index in [1.807, 2.05) is 17.0 Å². The van der Waals surface area contributed by atoms with E-state index in [0.29, 0.717) is 37.2 Å². The van der Waals surface area contributed by atoms with Crippen molar-refractivity contribution in [2.24, 2.45) is 5.73 Å². The van der Waals surface area contributed by atoms with Crippen molar-refractivity contribution >= 4 is 29.0 Å². The highest BCUT2D eigenvalue weighted by atomic mass is 19.2. The molecule has 0 radical (unpaired) electrons. The molecule has 2 saturated heterocycles. The number of piperidine rings is 1. The molecule has 0 spiro atoms. The Morgan fingerprint density at radius 3 is 2.46 bits per heavy atom. The molecule has 0 unspecified atom stereocenters. The van der Waals surface area contributed by atoms with Gasteiger partial charge < -0.3 is 26.0 Å². The topological polar surface area (TPSA) is 113 Å². The Balaban J connectivity index is 1.17. The van der Waals surface area contributed by atoms with Crippen molar-refractivity contribution in [2.75, 3.05) is 56.6 Å². The normalized spacial score (nSPS) is 16.4. The molecule has 4 N–H and O–H groups in total. The predicted octanol–water partition coefficient (Wildman–Crippen LogP) is 3.85. The van der Waals surface area contributed by atoms with Gasteiger partial charge in [0.15, 0.2) is 11.6 Å². The summed E-state index contributed by atoms with van der Waals surface area (Å²) in [5, 5.41) is 6.18. The van der Waals surface area contributed by atoms with E-state index in [9.17, 15) is 18.4 Å². The van der Waals surface area contributed by atoms with E-state index in [1.54, 1.807) is 6.07 Å². The lowest BCUT2D eigenvalue weighted by atomic mass is 9.89. The summed E-state index contributed by atoms with van der Waals surface area (Å²) in [6.45, 7) is 4.90. The molecular weight excluding hydrogens is 530 g/mol. The number of carbonyl (C=O) groups excluding carboxylic acids is 2. The minimum atomic E-state index is -0.946. The summed E-state index contributed by atoms with van der Waals surface area (Å²) in [7, 11) is 0. The highest BCUT2D eigenvalue weighted by Gasteiger charge is 2.25. The Morgan fingerprint density at radius 2 is 1.76 bits per heavy atom. The van der Waals surface area contributed by atoms with Gasteiger partial charge in [-0.25, -0.2) is 13.8 Å². The summed E-state index contributed by atoms with van der Waals surface area (Å²) in [4.78, 5) is 33.1. The van der Waals surface area contributed by atoms with Gasteiger partial charge in [-0.05, 0) is 42.5 Å². The number of nitrogens with one attached hydrogen (secondary N) is 2. The number of pyridine rings is 1. The first-order valence-corrected chi connectivity index (χ1v) is 13.8. The van der Waals surface area contributed by atoms with Gasteiger partial charge in [0.05, 0.1) is 31.0 Å². The predicted molar refractivity (Wildman–Crippen MR) is 152 cm³/mol. The number of halogens is 2. The third kappa shape index (κ3) is 7.17. The zero-order valence-corrected chi connectivity index (χ0v) is 22.7. The molecule has 5 rings (SSSR count). The van der Waals surface area contributed by atoms with Crippen LogP contribution in [0.2, 0.25) is 0 Å². The van der Waals surface area contributed by atoms with Gasteiger partial charge in [0.2, 0.25) is 5.91 Å². The van der Waals surface area contributed by atoms with Gasteiger partial charge in [0, 0.05) is 56.2 Å². The van der Waals surface area contributed by atoms with Crippen LogP contribution in [0.5, 0.6) is 0 Å². The lowest BCUT2D eigenvalue weighted by Crippen LogP contribution is -2.46. The number of primary amides is 1. The molecule has 1 aromatic heterocycles. The number of hydrogen-bond donors (Lipinski definition) is 3. The average Bonchev–Trinajstić information content (AvgIpc) is 2.99. The first kappa shape index (κ1) is 28.4. The molecule has 2 aromatic carbocycles. The van der Waals surface area contributed by atoms with Crippen molar-refractivity contribution < 1.29 is 23.1 Å². The van der Waals surface area contributed by atoms with E-state index < -0.39 is 17.5 Å². The second-order valence-electron chi connectivity index (χ2n) is 10.3. The van der Waals surface area contributed by atoms with Gasteiger partial charge in [0.1, 0.15) is 5.82 Å². The van der Waals surface area contributed by atoms with Gasteiger partial charge in [0.25, 0.3) is 5.91 Å². The number of aromatic nitrogens is 1. The first-order chi connectivity index (χ1) is 19.9. The Hall–Kier alpha value is -4.09. The summed E-state index contributed by atoms with van der Waals surface area (Å²) < 4.78 is 33.0. The Labute approximate surface area is 237 Å². The fourth-order valence-electron chi connectivity index (χ4n) is 5.24.